The first-order valence-electron chi connectivity index (χ1n) is 14.1. The quantitative estimate of drug-likeness (QED) is 0.171. The Morgan fingerprint density at radius 2 is 2.02 bits per heavy atom. The van der Waals surface area contributed by atoms with Gasteiger partial charge < -0.3 is 29.3 Å². The Hall–Kier alpha value is -4.54. The van der Waals surface area contributed by atoms with E-state index in [1.165, 1.54) is 24.3 Å². The van der Waals surface area contributed by atoms with Gasteiger partial charge in [0.1, 0.15) is 23.0 Å². The van der Waals surface area contributed by atoms with E-state index in [1.54, 1.807) is 26.2 Å². The maximum Gasteiger partial charge on any atom is 0.306 e. The molecule has 222 valence electrons. The van der Waals surface area contributed by atoms with Crippen molar-refractivity contribution < 1.29 is 32.9 Å². The second-order valence-electron chi connectivity index (χ2n) is 10.6. The van der Waals surface area contributed by atoms with Gasteiger partial charge in [-0.3, -0.25) is 4.79 Å². The number of aliphatic hydroxyl groups excluding tert-OH is 1. The molecule has 5 aromatic rings. The summed E-state index contributed by atoms with van der Waals surface area (Å²) in [4.78, 5) is 22.5. The molecule has 2 atom stereocenters. The molecule has 0 spiro atoms. The molecular weight excluding hydrogens is 556 g/mol. The first kappa shape index (κ1) is 28.6. The molecule has 8 nitrogen and oxygen atoms in total. The van der Waals surface area contributed by atoms with Crippen LogP contribution in [0.3, 0.4) is 0 Å². The highest BCUT2D eigenvalue weighted by atomic mass is 19.1. The first-order valence-corrected chi connectivity index (χ1v) is 14.1. The number of carbonyl (C=O) groups is 1. The lowest BCUT2D eigenvalue weighted by Crippen LogP contribution is -2.28. The molecule has 10 heteroatoms. The topological polar surface area (TPSA) is 109 Å². The average molecular weight is 588 g/mol. The van der Waals surface area contributed by atoms with Gasteiger partial charge in [0, 0.05) is 41.6 Å². The van der Waals surface area contributed by atoms with E-state index in [9.17, 15) is 14.3 Å². The monoisotopic (exact) mass is 587 g/mol. The summed E-state index contributed by atoms with van der Waals surface area (Å²) in [5, 5.41) is 11.3. The molecule has 2 aromatic heterocycles. The van der Waals surface area contributed by atoms with Crippen LogP contribution in [0.4, 0.5) is 8.78 Å². The number of aromatic amines is 2. The number of aliphatic hydroxyl groups is 1. The fraction of sp³-hybridized carbons (Fsp3) is 0.273. The first-order chi connectivity index (χ1) is 20.8. The minimum atomic E-state index is -1.07. The molecule has 3 heterocycles. The van der Waals surface area contributed by atoms with E-state index in [1.807, 2.05) is 30.3 Å². The number of ether oxygens (including phenoxy) is 3. The van der Waals surface area contributed by atoms with Gasteiger partial charge in [-0.25, -0.2) is 13.8 Å². The van der Waals surface area contributed by atoms with Crippen LogP contribution >= 0.6 is 0 Å². The van der Waals surface area contributed by atoms with Gasteiger partial charge in [-0.1, -0.05) is 24.3 Å². The largest absolute Gasteiger partial charge is 0.466 e. The number of hydrogen-bond acceptors (Lipinski definition) is 6. The van der Waals surface area contributed by atoms with Gasteiger partial charge in [-0.05, 0) is 55.7 Å². The normalized spacial score (nSPS) is 18.3. The number of hydrogen-bond donors (Lipinski definition) is 3. The summed E-state index contributed by atoms with van der Waals surface area (Å²) < 4.78 is 47.2. The molecule has 0 saturated carbocycles. The molecule has 6 rings (SSSR count). The summed E-state index contributed by atoms with van der Waals surface area (Å²) in [6, 6.07) is 15.0. The van der Waals surface area contributed by atoms with Gasteiger partial charge >= 0.3 is 5.97 Å². The van der Waals surface area contributed by atoms with Gasteiger partial charge in [-0.15, -0.1) is 0 Å². The number of fused-ring (bicyclic) bond motifs is 1. The van der Waals surface area contributed by atoms with Gasteiger partial charge in [0.05, 0.1) is 36.8 Å². The van der Waals surface area contributed by atoms with E-state index in [-0.39, 0.29) is 48.3 Å². The summed E-state index contributed by atoms with van der Waals surface area (Å²) in [5.41, 5.74) is 2.54. The Labute approximate surface area is 246 Å². The van der Waals surface area contributed by atoms with Crippen molar-refractivity contribution in [1.29, 1.82) is 0 Å². The van der Waals surface area contributed by atoms with E-state index >= 15 is 4.39 Å². The molecule has 0 unspecified atom stereocenters. The number of halogens is 2. The second-order valence-corrected chi connectivity index (χ2v) is 10.6. The lowest BCUT2D eigenvalue weighted by atomic mass is 9.86. The number of imidazole rings is 1. The van der Waals surface area contributed by atoms with Crippen LogP contribution in [0.5, 0.6) is 11.5 Å². The highest BCUT2D eigenvalue weighted by molar-refractivity contribution is 5.85. The molecular formula is C33H31F2N3O5. The zero-order valence-corrected chi connectivity index (χ0v) is 23.7. The minimum absolute atomic E-state index is 0.0555. The van der Waals surface area contributed by atoms with Crippen molar-refractivity contribution in [3.05, 3.63) is 101 Å². The number of H-pyrrole nitrogens is 2. The van der Waals surface area contributed by atoms with Crippen molar-refractivity contribution >= 4 is 16.9 Å². The van der Waals surface area contributed by atoms with Crippen LogP contribution in [-0.4, -0.2) is 45.3 Å². The molecule has 1 aliphatic heterocycles. The molecule has 0 radical (unpaired) electrons. The molecule has 0 bridgehead atoms. The number of aryl methyl sites for hydroxylation is 2. The maximum absolute atomic E-state index is 15.1. The van der Waals surface area contributed by atoms with Crippen molar-refractivity contribution in [2.24, 2.45) is 0 Å². The minimum Gasteiger partial charge on any atom is -0.466 e. The van der Waals surface area contributed by atoms with Crippen LogP contribution in [-0.2, 0) is 26.3 Å². The number of rotatable bonds is 9. The number of aromatic nitrogens is 3. The maximum atomic E-state index is 15.1. The Bertz CT molecular complexity index is 1800. The summed E-state index contributed by atoms with van der Waals surface area (Å²) in [6.07, 6.45) is 3.54. The van der Waals surface area contributed by atoms with Crippen molar-refractivity contribution in [2.45, 2.75) is 44.8 Å². The zero-order valence-electron chi connectivity index (χ0n) is 23.7. The molecule has 1 saturated heterocycles. The van der Waals surface area contributed by atoms with Crippen LogP contribution < -0.4 is 4.74 Å². The number of carbonyl (C=O) groups excluding carboxylic acids is 1. The Morgan fingerprint density at radius 3 is 2.81 bits per heavy atom. The number of esters is 1. The van der Waals surface area contributed by atoms with Gasteiger partial charge in [0.15, 0.2) is 11.6 Å². The summed E-state index contributed by atoms with van der Waals surface area (Å²) in [6.45, 7) is 3.96. The molecule has 0 amide bonds. The molecule has 43 heavy (non-hydrogen) atoms. The Kier molecular flexibility index (Phi) is 7.72. The number of nitrogens with zero attached hydrogens (tertiary/aromatic N) is 1. The Balaban J connectivity index is 1.31. The van der Waals surface area contributed by atoms with Crippen molar-refractivity contribution in [2.75, 3.05) is 13.2 Å². The van der Waals surface area contributed by atoms with Gasteiger partial charge in [0.25, 0.3) is 0 Å². The fourth-order valence-corrected chi connectivity index (χ4v) is 5.67. The van der Waals surface area contributed by atoms with E-state index in [2.05, 4.69) is 15.0 Å². The van der Waals surface area contributed by atoms with Crippen molar-refractivity contribution in [3.63, 3.8) is 0 Å². The van der Waals surface area contributed by atoms with E-state index in [0.29, 0.717) is 29.8 Å². The van der Waals surface area contributed by atoms with Gasteiger partial charge in [-0.2, -0.15) is 0 Å². The van der Waals surface area contributed by atoms with E-state index < -0.39 is 23.3 Å². The standard InChI is InChI=1S/C33H31F2N3O5/c1-3-41-30(40)10-7-20-5-4-6-21(13-20)33(16-22(39)18-42-33)29-17-37-32(38-29)25-14-23(8-9-26(25)34)43-31-19(2)24-11-12-36-28(24)15-27(31)35/h4-6,8-9,11-15,17,22,36,39H,3,7,10,16,18H2,1-2H3,(H,37,38)/t22-,33+/m0/s1. The third-order valence-electron chi connectivity index (χ3n) is 7.80. The van der Waals surface area contributed by atoms with Gasteiger partial charge in [0.2, 0.25) is 0 Å². The smallest absolute Gasteiger partial charge is 0.306 e. The second kappa shape index (κ2) is 11.6. The summed E-state index contributed by atoms with van der Waals surface area (Å²) >= 11 is 0. The lowest BCUT2D eigenvalue weighted by molar-refractivity contribution is -0.143. The van der Waals surface area contributed by atoms with Crippen LogP contribution in [0, 0.1) is 18.6 Å². The van der Waals surface area contributed by atoms with Crippen LogP contribution in [0.25, 0.3) is 22.3 Å². The highest BCUT2D eigenvalue weighted by Crippen LogP contribution is 2.43. The van der Waals surface area contributed by atoms with Crippen LogP contribution in [0.15, 0.2) is 67.0 Å². The van der Waals surface area contributed by atoms with Crippen molar-refractivity contribution in [3.8, 4) is 22.9 Å². The molecule has 1 fully saturated rings. The van der Waals surface area contributed by atoms with E-state index in [0.717, 1.165) is 16.5 Å². The fourth-order valence-electron chi connectivity index (χ4n) is 5.67. The SMILES string of the molecule is CCOC(=O)CCc1cccc([C@@]2(c3cnc(-c4cc(Oc5c(F)cc6[nH]ccc6c5C)ccc4F)[nH]3)C[C@H](O)CO2)c1. The predicted octanol–water partition coefficient (Wildman–Crippen LogP) is 6.46. The molecule has 3 N–H and O–H groups in total. The highest BCUT2D eigenvalue weighted by Gasteiger charge is 2.44. The third kappa shape index (κ3) is 5.51. The zero-order chi connectivity index (χ0) is 30.1. The number of nitrogens with one attached hydrogen (secondary N) is 2. The predicted molar refractivity (Wildman–Crippen MR) is 156 cm³/mol. The van der Waals surface area contributed by atoms with Crippen molar-refractivity contribution in [1.82, 2.24) is 15.0 Å². The van der Waals surface area contributed by atoms with Crippen LogP contribution in [0.2, 0.25) is 0 Å². The number of benzene rings is 3. The molecule has 1 aliphatic rings. The lowest BCUT2D eigenvalue weighted by Gasteiger charge is -2.28. The summed E-state index contributed by atoms with van der Waals surface area (Å²) in [7, 11) is 0. The Morgan fingerprint density at radius 1 is 1.16 bits per heavy atom. The third-order valence-corrected chi connectivity index (χ3v) is 7.80. The average Bonchev–Trinajstić information content (AvgIpc) is 3.76. The van der Waals surface area contributed by atoms with Crippen LogP contribution in [0.1, 0.15) is 42.1 Å². The van der Waals surface area contributed by atoms with E-state index in [4.69, 9.17) is 14.2 Å². The molecule has 3 aromatic carbocycles. The molecule has 0 aliphatic carbocycles. The summed E-state index contributed by atoms with van der Waals surface area (Å²) in [5.74, 6) is -0.845.